The van der Waals surface area contributed by atoms with Crippen molar-refractivity contribution in [3.8, 4) is 55.9 Å². The van der Waals surface area contributed by atoms with Crippen LogP contribution in [0.25, 0.3) is 99.0 Å². The SMILES string of the molecule is c1ccc(-c2ccc(N3c4cc5cc6ccccc6cc5cc4B4c5cc6cc7ccccc7cc6cc5N(c5ccc(-c6ccccc6)cc5)c5cc(-c6cc(-c7ccccc7)nc(-c7ccccc7)c6)cc3c54)cc2)cc1. The third kappa shape index (κ3) is 7.63. The molecule has 1 aromatic heterocycles. The molecule has 79 heavy (non-hydrogen) atoms. The Hall–Kier alpha value is -10.3. The topological polar surface area (TPSA) is 19.4 Å². The molecule has 0 fully saturated rings. The van der Waals surface area contributed by atoms with Gasteiger partial charge in [0, 0.05) is 45.3 Å². The molecule has 366 valence electrons. The van der Waals surface area contributed by atoms with E-state index in [-0.39, 0.29) is 6.71 Å². The van der Waals surface area contributed by atoms with Gasteiger partial charge in [0.1, 0.15) is 0 Å². The smallest absolute Gasteiger partial charge is 0.252 e. The molecule has 0 amide bonds. The average molecular weight is 1000 g/mol. The molecule has 0 saturated carbocycles. The van der Waals surface area contributed by atoms with E-state index in [1.54, 1.807) is 0 Å². The molecule has 0 aliphatic carbocycles. The lowest BCUT2D eigenvalue weighted by molar-refractivity contribution is 1.26. The minimum Gasteiger partial charge on any atom is -0.311 e. The van der Waals surface area contributed by atoms with E-state index < -0.39 is 0 Å². The van der Waals surface area contributed by atoms with E-state index in [1.807, 2.05) is 0 Å². The monoisotopic (exact) mass is 1000 g/mol. The summed E-state index contributed by atoms with van der Waals surface area (Å²) in [5, 5.41) is 9.79. The lowest BCUT2D eigenvalue weighted by Crippen LogP contribution is -2.61. The van der Waals surface area contributed by atoms with Crippen molar-refractivity contribution in [1.82, 2.24) is 4.98 Å². The number of anilines is 6. The molecule has 3 nitrogen and oxygen atoms in total. The fraction of sp³-hybridized carbons (Fsp3) is 0. The molecule has 0 radical (unpaired) electrons. The number of rotatable bonds is 7. The van der Waals surface area contributed by atoms with E-state index in [0.717, 1.165) is 56.4 Å². The molecular formula is C75H48BN3. The first kappa shape index (κ1) is 45.0. The summed E-state index contributed by atoms with van der Waals surface area (Å²) in [6, 6.07) is 108. The summed E-state index contributed by atoms with van der Waals surface area (Å²) in [4.78, 5) is 10.5. The van der Waals surface area contributed by atoms with E-state index >= 15 is 0 Å². The fourth-order valence-electron chi connectivity index (χ4n) is 12.7. The van der Waals surface area contributed by atoms with Crippen LogP contribution in [-0.4, -0.2) is 11.7 Å². The zero-order chi connectivity index (χ0) is 52.0. The maximum Gasteiger partial charge on any atom is 0.252 e. The third-order valence-electron chi connectivity index (χ3n) is 16.5. The van der Waals surface area contributed by atoms with Gasteiger partial charge in [-0.1, -0.05) is 206 Å². The van der Waals surface area contributed by atoms with Gasteiger partial charge in [0.2, 0.25) is 0 Å². The van der Waals surface area contributed by atoms with E-state index in [9.17, 15) is 0 Å². The molecule has 0 spiro atoms. The van der Waals surface area contributed by atoms with Crippen molar-refractivity contribution in [1.29, 1.82) is 0 Å². The number of pyridine rings is 1. The largest absolute Gasteiger partial charge is 0.311 e. The lowest BCUT2D eigenvalue weighted by Gasteiger charge is -2.44. The van der Waals surface area contributed by atoms with Crippen molar-refractivity contribution < 1.29 is 0 Å². The molecule has 14 aromatic rings. The summed E-state index contributed by atoms with van der Waals surface area (Å²) in [5.74, 6) is 0. The van der Waals surface area contributed by atoms with Crippen LogP contribution in [0.1, 0.15) is 0 Å². The molecular weight excluding hydrogens is 954 g/mol. The molecule has 4 heteroatoms. The van der Waals surface area contributed by atoms with Gasteiger partial charge >= 0.3 is 0 Å². The Morgan fingerprint density at radius 1 is 0.228 bits per heavy atom. The molecule has 2 aliphatic rings. The summed E-state index contributed by atoms with van der Waals surface area (Å²) in [5.41, 5.74) is 21.6. The lowest BCUT2D eigenvalue weighted by atomic mass is 9.33. The zero-order valence-electron chi connectivity index (χ0n) is 43.1. The van der Waals surface area contributed by atoms with Crippen molar-refractivity contribution in [3.05, 3.63) is 291 Å². The van der Waals surface area contributed by atoms with E-state index in [1.165, 1.54) is 93.1 Å². The van der Waals surface area contributed by atoms with Gasteiger partial charge in [0.15, 0.2) is 0 Å². The highest BCUT2D eigenvalue weighted by Crippen LogP contribution is 2.48. The minimum absolute atomic E-state index is 0.118. The molecule has 3 heterocycles. The van der Waals surface area contributed by atoms with Crippen LogP contribution in [0.3, 0.4) is 0 Å². The second-order valence-electron chi connectivity index (χ2n) is 21.1. The van der Waals surface area contributed by atoms with Gasteiger partial charge < -0.3 is 9.80 Å². The van der Waals surface area contributed by atoms with Crippen LogP contribution in [-0.2, 0) is 0 Å². The molecule has 13 aromatic carbocycles. The van der Waals surface area contributed by atoms with Crippen molar-refractivity contribution in [2.24, 2.45) is 0 Å². The quantitative estimate of drug-likeness (QED) is 0.117. The van der Waals surface area contributed by atoms with Crippen LogP contribution in [0.2, 0.25) is 0 Å². The van der Waals surface area contributed by atoms with Gasteiger partial charge in [-0.05, 0) is 178 Å². The van der Waals surface area contributed by atoms with Gasteiger partial charge in [-0.2, -0.15) is 0 Å². The molecule has 0 N–H and O–H groups in total. The third-order valence-corrected chi connectivity index (χ3v) is 16.5. The Morgan fingerprint density at radius 3 is 0.924 bits per heavy atom. The van der Waals surface area contributed by atoms with Crippen molar-refractivity contribution in [2.75, 3.05) is 9.80 Å². The molecule has 2 aliphatic heterocycles. The van der Waals surface area contributed by atoms with Crippen LogP contribution in [0, 0.1) is 0 Å². The second-order valence-corrected chi connectivity index (χ2v) is 21.1. The summed E-state index contributed by atoms with van der Waals surface area (Å²) in [6.45, 7) is -0.118. The summed E-state index contributed by atoms with van der Waals surface area (Å²) < 4.78 is 0. The fourth-order valence-corrected chi connectivity index (χ4v) is 12.7. The summed E-state index contributed by atoms with van der Waals surface area (Å²) in [7, 11) is 0. The van der Waals surface area contributed by atoms with Crippen LogP contribution >= 0.6 is 0 Å². The minimum atomic E-state index is -0.118. The second kappa shape index (κ2) is 18.2. The van der Waals surface area contributed by atoms with Crippen molar-refractivity contribution >= 4 is 100 Å². The Labute approximate surface area is 459 Å². The van der Waals surface area contributed by atoms with E-state index in [0.29, 0.717) is 0 Å². The molecule has 0 saturated heterocycles. The van der Waals surface area contributed by atoms with Gasteiger partial charge in [-0.3, -0.25) is 0 Å². The number of benzene rings is 13. The van der Waals surface area contributed by atoms with E-state index in [2.05, 4.69) is 301 Å². The number of nitrogens with zero attached hydrogens (tertiary/aromatic N) is 3. The van der Waals surface area contributed by atoms with Gasteiger partial charge in [0.25, 0.3) is 6.71 Å². The zero-order valence-corrected chi connectivity index (χ0v) is 43.1. The highest BCUT2D eigenvalue weighted by Gasteiger charge is 2.44. The van der Waals surface area contributed by atoms with Gasteiger partial charge in [-0.25, -0.2) is 4.98 Å². The molecule has 0 unspecified atom stereocenters. The number of hydrogen-bond acceptors (Lipinski definition) is 3. The van der Waals surface area contributed by atoms with Crippen LogP contribution < -0.4 is 26.2 Å². The number of fused-ring (bicyclic) bond motifs is 8. The number of aromatic nitrogens is 1. The molecule has 0 bridgehead atoms. The maximum absolute atomic E-state index is 5.38. The molecule has 16 rings (SSSR count). The number of hydrogen-bond donors (Lipinski definition) is 0. The van der Waals surface area contributed by atoms with E-state index in [4.69, 9.17) is 4.98 Å². The predicted molar refractivity (Wildman–Crippen MR) is 335 cm³/mol. The van der Waals surface area contributed by atoms with Gasteiger partial charge in [-0.15, -0.1) is 0 Å². The maximum atomic E-state index is 5.38. The Morgan fingerprint density at radius 2 is 0.544 bits per heavy atom. The van der Waals surface area contributed by atoms with Crippen LogP contribution in [0.15, 0.2) is 291 Å². The first-order chi connectivity index (χ1) is 39.1. The first-order valence-corrected chi connectivity index (χ1v) is 27.3. The normalized spacial score (nSPS) is 12.5. The first-order valence-electron chi connectivity index (χ1n) is 27.3. The average Bonchev–Trinajstić information content (AvgIpc) is 3.17. The van der Waals surface area contributed by atoms with Crippen LogP contribution in [0.5, 0.6) is 0 Å². The molecule has 0 atom stereocenters. The van der Waals surface area contributed by atoms with Crippen molar-refractivity contribution in [2.45, 2.75) is 0 Å². The Balaban J connectivity index is 1.03. The highest BCUT2D eigenvalue weighted by atomic mass is 15.2. The Kier molecular flexibility index (Phi) is 10.4. The summed E-state index contributed by atoms with van der Waals surface area (Å²) in [6.07, 6.45) is 0. The van der Waals surface area contributed by atoms with Gasteiger partial charge in [0.05, 0.1) is 11.4 Å². The highest BCUT2D eigenvalue weighted by molar-refractivity contribution is 7.00. The van der Waals surface area contributed by atoms with Crippen LogP contribution in [0.4, 0.5) is 34.1 Å². The predicted octanol–water partition coefficient (Wildman–Crippen LogP) is 18.1. The standard InChI is InChI=1S/C75H48BN3/c1-5-17-49(18-6-1)51-29-33-65(34-30-51)78-71-45-61-39-57-27-15-13-25-55(57)37-59(61)41-67(71)76-68-42-60-38-56-26-14-16-28-58(56)40-62(60)46-72(68)79(66-35-31-52(32-36-66)50-19-7-2-8-20-50)74-48-64(47-73(78)75(74)76)63-43-69(53-21-9-3-10-22-53)77-70(44-63)54-23-11-4-12-24-54/h1-48H. The Bertz CT molecular complexity index is 4400. The summed E-state index contributed by atoms with van der Waals surface area (Å²) >= 11 is 0. The van der Waals surface area contributed by atoms with Crippen molar-refractivity contribution in [3.63, 3.8) is 0 Å².